The minimum atomic E-state index is -0.0954. The fourth-order valence-corrected chi connectivity index (χ4v) is 1.74. The molecule has 88 valence electrons. The molecule has 0 saturated carbocycles. The van der Waals surface area contributed by atoms with Gasteiger partial charge in [0.2, 0.25) is 5.91 Å². The highest BCUT2D eigenvalue weighted by molar-refractivity contribution is 5.76. The minimum Gasteiger partial charge on any atom is -0.394 e. The van der Waals surface area contributed by atoms with Crippen LogP contribution in [-0.2, 0) is 9.53 Å². The summed E-state index contributed by atoms with van der Waals surface area (Å²) in [6.07, 6.45) is 4.52. The predicted molar refractivity (Wildman–Crippen MR) is 57.5 cm³/mol. The molecule has 1 unspecified atom stereocenters. The standard InChI is InChI=1S/C11H21NO3/c1-2-9(8-13)12-11(14)6-5-10-4-3-7-15-10/h9-10,13H,2-8H2,1H3,(H,12,14)/t9-,10?/m1/s1. The molecule has 2 atom stereocenters. The molecule has 2 N–H and O–H groups in total. The van der Waals surface area contributed by atoms with Crippen molar-refractivity contribution in [3.05, 3.63) is 0 Å². The molecular formula is C11H21NO3. The molecule has 1 amide bonds. The van der Waals surface area contributed by atoms with Gasteiger partial charge in [-0.1, -0.05) is 6.92 Å². The Morgan fingerprint density at radius 1 is 1.67 bits per heavy atom. The van der Waals surface area contributed by atoms with Crippen molar-refractivity contribution < 1.29 is 14.6 Å². The number of hydrogen-bond acceptors (Lipinski definition) is 3. The molecular weight excluding hydrogens is 194 g/mol. The van der Waals surface area contributed by atoms with E-state index in [4.69, 9.17) is 9.84 Å². The van der Waals surface area contributed by atoms with Crippen molar-refractivity contribution in [2.45, 2.75) is 51.2 Å². The van der Waals surface area contributed by atoms with Crippen LogP contribution in [0.2, 0.25) is 0 Å². The zero-order valence-electron chi connectivity index (χ0n) is 9.37. The second-order valence-electron chi connectivity index (χ2n) is 4.03. The molecule has 0 aromatic rings. The third kappa shape index (κ3) is 4.62. The lowest BCUT2D eigenvalue weighted by Crippen LogP contribution is -2.37. The van der Waals surface area contributed by atoms with Gasteiger partial charge in [-0.15, -0.1) is 0 Å². The summed E-state index contributed by atoms with van der Waals surface area (Å²) in [5.74, 6) is 0.0198. The van der Waals surface area contributed by atoms with Crippen molar-refractivity contribution >= 4 is 5.91 Å². The van der Waals surface area contributed by atoms with Crippen LogP contribution in [0.1, 0.15) is 39.0 Å². The second kappa shape index (κ2) is 6.80. The Bertz CT molecular complexity index is 186. The first-order chi connectivity index (χ1) is 7.26. The van der Waals surface area contributed by atoms with Crippen molar-refractivity contribution in [3.63, 3.8) is 0 Å². The minimum absolute atomic E-state index is 0.0160. The van der Waals surface area contributed by atoms with Gasteiger partial charge in [0, 0.05) is 13.0 Å². The molecule has 0 aromatic heterocycles. The fraction of sp³-hybridized carbons (Fsp3) is 0.909. The van der Waals surface area contributed by atoms with Crippen LogP contribution in [0.3, 0.4) is 0 Å². The summed E-state index contributed by atoms with van der Waals surface area (Å²) in [5, 5.41) is 11.7. The lowest BCUT2D eigenvalue weighted by Gasteiger charge is -2.15. The number of rotatable bonds is 6. The van der Waals surface area contributed by atoms with Crippen LogP contribution in [-0.4, -0.2) is 36.4 Å². The molecule has 0 radical (unpaired) electrons. The Labute approximate surface area is 91.0 Å². The van der Waals surface area contributed by atoms with Gasteiger partial charge in [-0.05, 0) is 25.7 Å². The molecule has 1 saturated heterocycles. The van der Waals surface area contributed by atoms with E-state index < -0.39 is 0 Å². The van der Waals surface area contributed by atoms with Gasteiger partial charge in [0.15, 0.2) is 0 Å². The van der Waals surface area contributed by atoms with Gasteiger partial charge < -0.3 is 15.2 Å². The summed E-state index contributed by atoms with van der Waals surface area (Å²) in [5.41, 5.74) is 0. The molecule has 1 aliphatic rings. The number of carbonyl (C=O) groups is 1. The predicted octanol–water partition coefficient (Wildman–Crippen LogP) is 0.833. The fourth-order valence-electron chi connectivity index (χ4n) is 1.74. The van der Waals surface area contributed by atoms with Gasteiger partial charge in [0.25, 0.3) is 0 Å². The maximum Gasteiger partial charge on any atom is 0.220 e. The number of nitrogens with one attached hydrogen (secondary N) is 1. The summed E-state index contributed by atoms with van der Waals surface area (Å²) in [7, 11) is 0. The molecule has 1 heterocycles. The van der Waals surface area contributed by atoms with Crippen LogP contribution >= 0.6 is 0 Å². The number of aliphatic hydroxyl groups is 1. The van der Waals surface area contributed by atoms with Crippen LogP contribution in [0.15, 0.2) is 0 Å². The highest BCUT2D eigenvalue weighted by atomic mass is 16.5. The first-order valence-electron chi connectivity index (χ1n) is 5.78. The summed E-state index contributed by atoms with van der Waals surface area (Å²) < 4.78 is 5.43. The molecule has 15 heavy (non-hydrogen) atoms. The Morgan fingerprint density at radius 2 is 2.47 bits per heavy atom. The van der Waals surface area contributed by atoms with Gasteiger partial charge in [-0.25, -0.2) is 0 Å². The second-order valence-corrected chi connectivity index (χ2v) is 4.03. The van der Waals surface area contributed by atoms with E-state index in [1.54, 1.807) is 0 Å². The lowest BCUT2D eigenvalue weighted by atomic mass is 10.1. The van der Waals surface area contributed by atoms with Gasteiger partial charge in [0.05, 0.1) is 18.8 Å². The van der Waals surface area contributed by atoms with Crippen molar-refractivity contribution in [2.24, 2.45) is 0 Å². The van der Waals surface area contributed by atoms with Crippen LogP contribution in [0.4, 0.5) is 0 Å². The van der Waals surface area contributed by atoms with Crippen LogP contribution in [0, 0.1) is 0 Å². The number of carbonyl (C=O) groups excluding carboxylic acids is 1. The number of amides is 1. The normalized spacial score (nSPS) is 22.7. The number of aliphatic hydroxyl groups excluding tert-OH is 1. The first kappa shape index (κ1) is 12.5. The monoisotopic (exact) mass is 215 g/mol. The first-order valence-corrected chi connectivity index (χ1v) is 5.78. The Hall–Kier alpha value is -0.610. The quantitative estimate of drug-likeness (QED) is 0.690. The maximum absolute atomic E-state index is 11.5. The lowest BCUT2D eigenvalue weighted by molar-refractivity contribution is -0.122. The van der Waals surface area contributed by atoms with Crippen molar-refractivity contribution in [1.82, 2.24) is 5.32 Å². The van der Waals surface area contributed by atoms with E-state index in [-0.39, 0.29) is 24.7 Å². The zero-order valence-corrected chi connectivity index (χ0v) is 9.37. The van der Waals surface area contributed by atoms with E-state index in [0.29, 0.717) is 6.42 Å². The van der Waals surface area contributed by atoms with E-state index in [1.165, 1.54) is 0 Å². The molecule has 0 spiro atoms. The number of ether oxygens (including phenoxy) is 1. The Kier molecular flexibility index (Phi) is 5.65. The van der Waals surface area contributed by atoms with Gasteiger partial charge in [0.1, 0.15) is 0 Å². The molecule has 1 aliphatic heterocycles. The highest BCUT2D eigenvalue weighted by Crippen LogP contribution is 2.16. The summed E-state index contributed by atoms with van der Waals surface area (Å²) in [4.78, 5) is 11.5. The largest absolute Gasteiger partial charge is 0.394 e. The summed E-state index contributed by atoms with van der Waals surface area (Å²) >= 11 is 0. The van der Waals surface area contributed by atoms with Gasteiger partial charge >= 0.3 is 0 Å². The van der Waals surface area contributed by atoms with Gasteiger partial charge in [-0.3, -0.25) is 4.79 Å². The molecule has 1 rings (SSSR count). The van der Waals surface area contributed by atoms with E-state index in [9.17, 15) is 4.79 Å². The topological polar surface area (TPSA) is 58.6 Å². The van der Waals surface area contributed by atoms with E-state index in [0.717, 1.165) is 32.3 Å². The average Bonchev–Trinajstić information content (AvgIpc) is 2.75. The van der Waals surface area contributed by atoms with Crippen LogP contribution in [0.5, 0.6) is 0 Å². The SMILES string of the molecule is CC[C@H](CO)NC(=O)CCC1CCCO1. The summed E-state index contributed by atoms with van der Waals surface area (Å²) in [6, 6.07) is -0.0954. The Morgan fingerprint density at radius 3 is 3.00 bits per heavy atom. The highest BCUT2D eigenvalue weighted by Gasteiger charge is 2.17. The molecule has 0 aliphatic carbocycles. The molecule has 0 bridgehead atoms. The third-order valence-corrected chi connectivity index (χ3v) is 2.80. The van der Waals surface area contributed by atoms with Crippen molar-refractivity contribution in [1.29, 1.82) is 0 Å². The molecule has 4 heteroatoms. The van der Waals surface area contributed by atoms with Gasteiger partial charge in [-0.2, -0.15) is 0 Å². The van der Waals surface area contributed by atoms with E-state index >= 15 is 0 Å². The molecule has 1 fully saturated rings. The summed E-state index contributed by atoms with van der Waals surface area (Å²) in [6.45, 7) is 2.80. The average molecular weight is 215 g/mol. The number of hydrogen-bond donors (Lipinski definition) is 2. The van der Waals surface area contributed by atoms with Crippen molar-refractivity contribution in [3.8, 4) is 0 Å². The van der Waals surface area contributed by atoms with E-state index in [2.05, 4.69) is 5.32 Å². The smallest absolute Gasteiger partial charge is 0.220 e. The third-order valence-electron chi connectivity index (χ3n) is 2.80. The zero-order chi connectivity index (χ0) is 11.1. The molecule has 0 aromatic carbocycles. The van der Waals surface area contributed by atoms with Crippen LogP contribution < -0.4 is 5.32 Å². The Balaban J connectivity index is 2.11. The van der Waals surface area contributed by atoms with Crippen molar-refractivity contribution in [2.75, 3.05) is 13.2 Å². The van der Waals surface area contributed by atoms with E-state index in [1.807, 2.05) is 6.92 Å². The maximum atomic E-state index is 11.5. The van der Waals surface area contributed by atoms with Crippen LogP contribution in [0.25, 0.3) is 0 Å². The molecule has 4 nitrogen and oxygen atoms in total.